The first-order valence-corrected chi connectivity index (χ1v) is 5.94. The summed E-state index contributed by atoms with van der Waals surface area (Å²) in [5.41, 5.74) is 0.671. The Kier molecular flexibility index (Phi) is 2.02. The van der Waals surface area contributed by atoms with Gasteiger partial charge in [-0.15, -0.1) is 0 Å². The van der Waals surface area contributed by atoms with E-state index in [9.17, 15) is 0 Å². The third kappa shape index (κ3) is 1.17. The molecule has 0 aliphatic heterocycles. The summed E-state index contributed by atoms with van der Waals surface area (Å²) in [4.78, 5) is 0. The maximum atomic E-state index is 2.49. The number of hydrogen-bond acceptors (Lipinski definition) is 0. The van der Waals surface area contributed by atoms with E-state index >= 15 is 0 Å². The van der Waals surface area contributed by atoms with Crippen LogP contribution < -0.4 is 0 Å². The fourth-order valence-electron chi connectivity index (χ4n) is 4.07. The van der Waals surface area contributed by atoms with Gasteiger partial charge >= 0.3 is 0 Å². The van der Waals surface area contributed by atoms with Crippen molar-refractivity contribution in [3.63, 3.8) is 0 Å². The summed E-state index contributed by atoms with van der Waals surface area (Å²) >= 11 is 0. The molecule has 0 N–H and O–H groups in total. The Balaban J connectivity index is 2.12. The Morgan fingerprint density at radius 2 is 1.77 bits per heavy atom. The zero-order chi connectivity index (χ0) is 9.80. The molecule has 3 saturated carbocycles. The lowest BCUT2D eigenvalue weighted by molar-refractivity contribution is -0.137. The molecule has 3 aliphatic rings. The van der Waals surface area contributed by atoms with Crippen LogP contribution in [0.1, 0.15) is 47.5 Å². The molecule has 2 bridgehead atoms. The summed E-state index contributed by atoms with van der Waals surface area (Å²) in [6.07, 6.45) is 3.03. The highest BCUT2D eigenvalue weighted by Crippen LogP contribution is 2.63. The lowest BCUT2D eigenvalue weighted by Gasteiger charge is -2.63. The molecular formula is C13H24. The molecule has 13 heavy (non-hydrogen) atoms. The molecule has 4 atom stereocenters. The molecule has 4 unspecified atom stereocenters. The van der Waals surface area contributed by atoms with Gasteiger partial charge in [-0.05, 0) is 47.8 Å². The Hall–Kier alpha value is 0. The van der Waals surface area contributed by atoms with E-state index in [2.05, 4.69) is 34.6 Å². The Bertz CT molecular complexity index is 200. The highest BCUT2D eigenvalue weighted by atomic mass is 14.6. The normalized spacial score (nSPS) is 47.5. The molecule has 3 fully saturated rings. The van der Waals surface area contributed by atoms with Gasteiger partial charge in [0.2, 0.25) is 0 Å². The average molecular weight is 180 g/mol. The molecule has 0 spiro atoms. The van der Waals surface area contributed by atoms with E-state index in [0.717, 1.165) is 29.6 Å². The highest BCUT2D eigenvalue weighted by Gasteiger charge is 2.56. The van der Waals surface area contributed by atoms with Crippen molar-refractivity contribution in [3.05, 3.63) is 0 Å². The quantitative estimate of drug-likeness (QED) is 0.573. The summed E-state index contributed by atoms with van der Waals surface area (Å²) in [5.74, 6) is 4.95. The second-order valence-electron chi connectivity index (χ2n) is 6.36. The van der Waals surface area contributed by atoms with Gasteiger partial charge in [0.1, 0.15) is 0 Å². The van der Waals surface area contributed by atoms with Gasteiger partial charge in [0.05, 0.1) is 0 Å². The molecule has 76 valence electrons. The molecule has 0 amide bonds. The number of rotatable bonds is 1. The first kappa shape index (κ1) is 9.55. The maximum Gasteiger partial charge on any atom is -0.0295 e. The molecule has 0 aromatic heterocycles. The van der Waals surface area contributed by atoms with Gasteiger partial charge in [0.25, 0.3) is 0 Å². The van der Waals surface area contributed by atoms with Crippen LogP contribution in [-0.2, 0) is 0 Å². The van der Waals surface area contributed by atoms with Crippen LogP contribution in [0.2, 0.25) is 0 Å². The van der Waals surface area contributed by atoms with Crippen LogP contribution in [-0.4, -0.2) is 0 Å². The van der Waals surface area contributed by atoms with Crippen molar-refractivity contribution in [2.24, 2.45) is 35.0 Å². The molecule has 0 radical (unpaired) electrons. The monoisotopic (exact) mass is 180 g/mol. The Morgan fingerprint density at radius 3 is 2.15 bits per heavy atom. The van der Waals surface area contributed by atoms with E-state index < -0.39 is 0 Å². The number of hydrogen-bond donors (Lipinski definition) is 0. The van der Waals surface area contributed by atoms with Gasteiger partial charge in [-0.3, -0.25) is 0 Å². The van der Waals surface area contributed by atoms with E-state index in [1.807, 2.05) is 0 Å². The molecule has 0 heterocycles. The Labute approximate surface area is 83.1 Å². The topological polar surface area (TPSA) is 0 Å². The van der Waals surface area contributed by atoms with Crippen molar-refractivity contribution in [2.75, 3.05) is 0 Å². The van der Waals surface area contributed by atoms with Gasteiger partial charge < -0.3 is 0 Å². The second kappa shape index (κ2) is 2.74. The predicted molar refractivity (Wildman–Crippen MR) is 57.5 cm³/mol. The molecule has 0 nitrogen and oxygen atoms in total. The van der Waals surface area contributed by atoms with Gasteiger partial charge in [-0.2, -0.15) is 0 Å². The molecule has 3 rings (SSSR count). The second-order valence-corrected chi connectivity index (χ2v) is 6.36. The van der Waals surface area contributed by atoms with Gasteiger partial charge in [0, 0.05) is 0 Å². The van der Waals surface area contributed by atoms with Crippen molar-refractivity contribution in [2.45, 2.75) is 47.5 Å². The van der Waals surface area contributed by atoms with E-state index in [1.165, 1.54) is 12.8 Å². The van der Waals surface area contributed by atoms with Crippen LogP contribution in [0.15, 0.2) is 0 Å². The lowest BCUT2D eigenvalue weighted by atomic mass is 9.42. The predicted octanol–water partition coefficient (Wildman–Crippen LogP) is 3.96. The third-order valence-electron chi connectivity index (χ3n) is 5.27. The van der Waals surface area contributed by atoms with Crippen molar-refractivity contribution >= 4 is 0 Å². The Morgan fingerprint density at radius 1 is 1.15 bits per heavy atom. The average Bonchev–Trinajstić information content (AvgIpc) is 2.02. The minimum atomic E-state index is 0.671. The van der Waals surface area contributed by atoms with Gasteiger partial charge in [-0.25, -0.2) is 0 Å². The smallest absolute Gasteiger partial charge is 0.0295 e. The maximum absolute atomic E-state index is 2.49. The van der Waals surface area contributed by atoms with Crippen LogP contribution >= 0.6 is 0 Å². The van der Waals surface area contributed by atoms with Crippen molar-refractivity contribution in [1.82, 2.24) is 0 Å². The number of fused-ring (bicyclic) bond motifs is 2. The fourth-order valence-corrected chi connectivity index (χ4v) is 4.07. The van der Waals surface area contributed by atoms with E-state index in [1.54, 1.807) is 0 Å². The summed E-state index contributed by atoms with van der Waals surface area (Å²) in [6, 6.07) is 0. The minimum absolute atomic E-state index is 0.671. The zero-order valence-corrected chi connectivity index (χ0v) is 9.80. The largest absolute Gasteiger partial charge is 0.0625 e. The van der Waals surface area contributed by atoms with E-state index in [0.29, 0.717) is 5.41 Å². The van der Waals surface area contributed by atoms with E-state index in [-0.39, 0.29) is 0 Å². The molecule has 3 aliphatic carbocycles. The standard InChI is InChI=1S/C13H24/c1-8(2)11-6-10-7-12(9(11)3)13(10,4)5/h8-12H,6-7H2,1-5H3. The SMILES string of the molecule is CC(C)C1CC2CC(C1C)C2(C)C. The summed E-state index contributed by atoms with van der Waals surface area (Å²) < 4.78 is 0. The molecule has 0 aromatic rings. The lowest BCUT2D eigenvalue weighted by Crippen LogP contribution is -2.55. The van der Waals surface area contributed by atoms with E-state index in [4.69, 9.17) is 0 Å². The highest BCUT2D eigenvalue weighted by molar-refractivity contribution is 5.05. The van der Waals surface area contributed by atoms with Crippen LogP contribution in [0.5, 0.6) is 0 Å². The summed E-state index contributed by atoms with van der Waals surface area (Å²) in [5, 5.41) is 0. The summed E-state index contributed by atoms with van der Waals surface area (Å²) in [7, 11) is 0. The molecule has 0 heteroatoms. The van der Waals surface area contributed by atoms with Crippen molar-refractivity contribution in [1.29, 1.82) is 0 Å². The van der Waals surface area contributed by atoms with Gasteiger partial charge in [-0.1, -0.05) is 34.6 Å². The first-order valence-electron chi connectivity index (χ1n) is 5.94. The molecule has 0 aromatic carbocycles. The van der Waals surface area contributed by atoms with Crippen LogP contribution in [0.4, 0.5) is 0 Å². The van der Waals surface area contributed by atoms with Crippen molar-refractivity contribution in [3.8, 4) is 0 Å². The zero-order valence-electron chi connectivity index (χ0n) is 9.80. The third-order valence-corrected chi connectivity index (χ3v) is 5.27. The van der Waals surface area contributed by atoms with Gasteiger partial charge in [0.15, 0.2) is 0 Å². The first-order chi connectivity index (χ1) is 5.94. The van der Waals surface area contributed by atoms with Crippen LogP contribution in [0, 0.1) is 35.0 Å². The van der Waals surface area contributed by atoms with Crippen molar-refractivity contribution < 1.29 is 0 Å². The molecular weight excluding hydrogens is 156 g/mol. The minimum Gasteiger partial charge on any atom is -0.0625 e. The van der Waals surface area contributed by atoms with Crippen LogP contribution in [0.3, 0.4) is 0 Å². The fraction of sp³-hybridized carbons (Fsp3) is 1.00. The summed E-state index contributed by atoms with van der Waals surface area (Å²) in [6.45, 7) is 12.3. The molecule has 0 saturated heterocycles. The van der Waals surface area contributed by atoms with Crippen LogP contribution in [0.25, 0.3) is 0 Å².